The Balaban J connectivity index is 1.56. The fourth-order valence-corrected chi connectivity index (χ4v) is 3.35. The lowest BCUT2D eigenvalue weighted by Crippen LogP contribution is -2.34. The summed E-state index contributed by atoms with van der Waals surface area (Å²) in [6.45, 7) is 0.767. The number of hydrogen-bond acceptors (Lipinski definition) is 5. The number of carbonyl (C=O) groups excluding carboxylic acids is 3. The number of amides is 2. The van der Waals surface area contributed by atoms with Crippen LogP contribution >= 0.6 is 0 Å². The lowest BCUT2D eigenvalue weighted by atomic mass is 10.1. The summed E-state index contributed by atoms with van der Waals surface area (Å²) in [5.74, 6) is -0.396. The maximum atomic E-state index is 12.5. The van der Waals surface area contributed by atoms with E-state index >= 15 is 0 Å². The fraction of sp³-hybridized carbons (Fsp3) is 0.318. The summed E-state index contributed by atoms with van der Waals surface area (Å²) in [7, 11) is 2.92. The highest BCUT2D eigenvalue weighted by molar-refractivity contribution is 6.01. The normalized spacial score (nSPS) is 15.9. The number of nitrogens with zero attached hydrogens (tertiary/aromatic N) is 1. The predicted octanol–water partition coefficient (Wildman–Crippen LogP) is 2.19. The highest BCUT2D eigenvalue weighted by Crippen LogP contribution is 2.26. The molecule has 2 aromatic carbocycles. The molecule has 1 unspecified atom stereocenters. The molecule has 0 bridgehead atoms. The van der Waals surface area contributed by atoms with E-state index in [1.54, 1.807) is 36.3 Å². The summed E-state index contributed by atoms with van der Waals surface area (Å²) in [5.41, 5.74) is 2.02. The predicted molar refractivity (Wildman–Crippen MR) is 108 cm³/mol. The Morgan fingerprint density at radius 1 is 1.14 bits per heavy atom. The van der Waals surface area contributed by atoms with Gasteiger partial charge in [-0.15, -0.1) is 0 Å². The highest BCUT2D eigenvalue weighted by atomic mass is 16.5. The van der Waals surface area contributed by atoms with E-state index in [2.05, 4.69) is 5.32 Å². The van der Waals surface area contributed by atoms with Crippen LogP contribution in [0.5, 0.6) is 5.75 Å². The molecule has 0 saturated carbocycles. The smallest absolute Gasteiger partial charge is 0.337 e. The second kappa shape index (κ2) is 9.23. The summed E-state index contributed by atoms with van der Waals surface area (Å²) < 4.78 is 9.92. The Bertz CT molecular complexity index is 912. The Hall–Kier alpha value is -3.35. The van der Waals surface area contributed by atoms with Crippen LogP contribution in [0.4, 0.5) is 5.69 Å². The quantitative estimate of drug-likeness (QED) is 0.726. The van der Waals surface area contributed by atoms with Crippen molar-refractivity contribution in [3.8, 4) is 5.75 Å². The Morgan fingerprint density at radius 2 is 1.93 bits per heavy atom. The standard InChI is InChI=1S/C22H24N2O5/c1-28-19-8-3-5-15(11-19)9-10-23-21(26)17-13-20(25)24(14-17)18-7-4-6-16(12-18)22(27)29-2/h3-8,11-12,17H,9-10,13-14H2,1-2H3,(H,23,26). The maximum Gasteiger partial charge on any atom is 0.337 e. The van der Waals surface area contributed by atoms with Crippen molar-refractivity contribution in [2.75, 3.05) is 32.2 Å². The lowest BCUT2D eigenvalue weighted by Gasteiger charge is -2.17. The van der Waals surface area contributed by atoms with Crippen LogP contribution in [-0.2, 0) is 20.7 Å². The summed E-state index contributed by atoms with van der Waals surface area (Å²) in [6, 6.07) is 14.3. The third-order valence-electron chi connectivity index (χ3n) is 4.92. The van der Waals surface area contributed by atoms with Crippen LogP contribution in [0.1, 0.15) is 22.3 Å². The number of ether oxygens (including phenoxy) is 2. The first-order chi connectivity index (χ1) is 14.0. The number of carbonyl (C=O) groups is 3. The molecule has 0 radical (unpaired) electrons. The van der Waals surface area contributed by atoms with Gasteiger partial charge < -0.3 is 19.7 Å². The molecule has 1 aliphatic rings. The molecular weight excluding hydrogens is 372 g/mol. The van der Waals surface area contributed by atoms with Gasteiger partial charge in [-0.1, -0.05) is 18.2 Å². The van der Waals surface area contributed by atoms with Gasteiger partial charge in [-0.2, -0.15) is 0 Å². The van der Waals surface area contributed by atoms with Crippen LogP contribution < -0.4 is 15.0 Å². The van der Waals surface area contributed by atoms with Gasteiger partial charge in [-0.25, -0.2) is 4.79 Å². The molecule has 29 heavy (non-hydrogen) atoms. The van der Waals surface area contributed by atoms with Gasteiger partial charge in [-0.05, 0) is 42.3 Å². The number of methoxy groups -OCH3 is 2. The maximum absolute atomic E-state index is 12.5. The Labute approximate surface area is 169 Å². The molecule has 1 saturated heterocycles. The average Bonchev–Trinajstić information content (AvgIpc) is 3.15. The zero-order valence-corrected chi connectivity index (χ0v) is 16.5. The van der Waals surface area contributed by atoms with Crippen molar-refractivity contribution >= 4 is 23.5 Å². The second-order valence-corrected chi connectivity index (χ2v) is 6.84. The number of anilines is 1. The number of benzene rings is 2. The van der Waals surface area contributed by atoms with E-state index in [1.807, 2.05) is 24.3 Å². The van der Waals surface area contributed by atoms with Crippen molar-refractivity contribution in [2.45, 2.75) is 12.8 Å². The molecule has 1 atom stereocenters. The van der Waals surface area contributed by atoms with Gasteiger partial charge >= 0.3 is 5.97 Å². The second-order valence-electron chi connectivity index (χ2n) is 6.84. The van der Waals surface area contributed by atoms with E-state index in [-0.39, 0.29) is 24.8 Å². The Kier molecular flexibility index (Phi) is 6.49. The van der Waals surface area contributed by atoms with Gasteiger partial charge in [0.1, 0.15) is 5.75 Å². The van der Waals surface area contributed by atoms with E-state index in [0.717, 1.165) is 11.3 Å². The number of hydrogen-bond donors (Lipinski definition) is 1. The zero-order chi connectivity index (χ0) is 20.8. The first kappa shape index (κ1) is 20.4. The molecule has 0 spiro atoms. The molecule has 1 aliphatic heterocycles. The van der Waals surface area contributed by atoms with Gasteiger partial charge in [-0.3, -0.25) is 9.59 Å². The van der Waals surface area contributed by atoms with Gasteiger partial charge in [0.15, 0.2) is 0 Å². The van der Waals surface area contributed by atoms with Gasteiger partial charge in [0.25, 0.3) is 0 Å². The molecule has 2 aromatic rings. The first-order valence-corrected chi connectivity index (χ1v) is 9.41. The van der Waals surface area contributed by atoms with Crippen LogP contribution in [0.3, 0.4) is 0 Å². The third kappa shape index (κ3) is 4.93. The monoisotopic (exact) mass is 396 g/mol. The van der Waals surface area contributed by atoms with Gasteiger partial charge in [0.2, 0.25) is 11.8 Å². The van der Waals surface area contributed by atoms with Crippen molar-refractivity contribution in [1.29, 1.82) is 0 Å². The molecule has 0 aliphatic carbocycles. The first-order valence-electron chi connectivity index (χ1n) is 9.41. The summed E-state index contributed by atoms with van der Waals surface area (Å²) >= 11 is 0. The number of esters is 1. The largest absolute Gasteiger partial charge is 0.497 e. The molecule has 1 N–H and O–H groups in total. The van der Waals surface area contributed by atoms with E-state index in [4.69, 9.17) is 9.47 Å². The molecular formula is C22H24N2O5. The molecule has 152 valence electrons. The minimum Gasteiger partial charge on any atom is -0.497 e. The van der Waals surface area contributed by atoms with E-state index in [9.17, 15) is 14.4 Å². The summed E-state index contributed by atoms with van der Waals surface area (Å²) in [5, 5.41) is 2.91. The molecule has 1 fully saturated rings. The molecule has 2 amide bonds. The minimum absolute atomic E-state index is 0.139. The van der Waals surface area contributed by atoms with Crippen molar-refractivity contribution in [3.05, 3.63) is 59.7 Å². The van der Waals surface area contributed by atoms with Crippen molar-refractivity contribution < 1.29 is 23.9 Å². The average molecular weight is 396 g/mol. The minimum atomic E-state index is -0.467. The van der Waals surface area contributed by atoms with Crippen molar-refractivity contribution in [1.82, 2.24) is 5.32 Å². The van der Waals surface area contributed by atoms with E-state index < -0.39 is 11.9 Å². The third-order valence-corrected chi connectivity index (χ3v) is 4.92. The van der Waals surface area contributed by atoms with E-state index in [0.29, 0.717) is 24.2 Å². The lowest BCUT2D eigenvalue weighted by molar-refractivity contribution is -0.126. The SMILES string of the molecule is COC(=O)c1cccc(N2CC(C(=O)NCCc3cccc(OC)c3)CC2=O)c1. The van der Waals surface area contributed by atoms with Crippen molar-refractivity contribution in [2.24, 2.45) is 5.92 Å². The summed E-state index contributed by atoms with van der Waals surface area (Å²) in [6.07, 6.45) is 0.821. The van der Waals surface area contributed by atoms with Crippen LogP contribution in [0.25, 0.3) is 0 Å². The molecule has 7 heteroatoms. The van der Waals surface area contributed by atoms with Gasteiger partial charge in [0.05, 0.1) is 25.7 Å². The highest BCUT2D eigenvalue weighted by Gasteiger charge is 2.35. The molecule has 7 nitrogen and oxygen atoms in total. The van der Waals surface area contributed by atoms with Gasteiger partial charge in [0, 0.05) is 25.2 Å². The van der Waals surface area contributed by atoms with E-state index in [1.165, 1.54) is 7.11 Å². The van der Waals surface area contributed by atoms with Crippen molar-refractivity contribution in [3.63, 3.8) is 0 Å². The molecule has 1 heterocycles. The number of nitrogens with one attached hydrogen (secondary N) is 1. The van der Waals surface area contributed by atoms with Crippen LogP contribution in [-0.4, -0.2) is 45.1 Å². The summed E-state index contributed by atoms with van der Waals surface area (Å²) in [4.78, 5) is 38.2. The topological polar surface area (TPSA) is 84.9 Å². The Morgan fingerprint density at radius 3 is 2.69 bits per heavy atom. The van der Waals surface area contributed by atoms with Crippen LogP contribution in [0.15, 0.2) is 48.5 Å². The van der Waals surface area contributed by atoms with Crippen LogP contribution in [0, 0.1) is 5.92 Å². The fourth-order valence-electron chi connectivity index (χ4n) is 3.35. The number of rotatable bonds is 7. The zero-order valence-electron chi connectivity index (χ0n) is 16.5. The molecule has 3 rings (SSSR count). The molecule has 0 aromatic heterocycles. The van der Waals surface area contributed by atoms with Crippen LogP contribution in [0.2, 0.25) is 0 Å².